The molecule has 8 aliphatic rings. The van der Waals surface area contributed by atoms with Crippen LogP contribution >= 0.6 is 15.9 Å². The molecule has 8 N–H and O–H groups in total. The fourth-order valence-corrected chi connectivity index (χ4v) is 18.1. The van der Waals surface area contributed by atoms with Gasteiger partial charge < -0.3 is 84.1 Å². The number of aliphatic carboxylic acids is 1. The van der Waals surface area contributed by atoms with Crippen molar-refractivity contribution in [3.05, 3.63) is 223 Å². The third-order valence-electron chi connectivity index (χ3n) is 24.4. The van der Waals surface area contributed by atoms with E-state index in [2.05, 4.69) is 95.3 Å². The van der Waals surface area contributed by atoms with Gasteiger partial charge in [-0.05, 0) is 256 Å². The van der Waals surface area contributed by atoms with Gasteiger partial charge in [-0.15, -0.1) is 0 Å². The lowest BCUT2D eigenvalue weighted by molar-refractivity contribution is -0.131. The topological polar surface area (TPSA) is 351 Å². The van der Waals surface area contributed by atoms with Crippen LogP contribution in [0.2, 0.25) is 0 Å². The van der Waals surface area contributed by atoms with Crippen LogP contribution in [0.25, 0.3) is 66.5 Å². The predicted octanol–water partition coefficient (Wildman–Crippen LogP) is 19.1. The van der Waals surface area contributed by atoms with Crippen LogP contribution in [-0.2, 0) is 23.7 Å². The number of carbonyl (C=O) groups is 4. The number of halogens is 1. The minimum absolute atomic E-state index is 0.0122. The van der Waals surface area contributed by atoms with Crippen LogP contribution in [0, 0.1) is 0 Å². The highest BCUT2D eigenvalue weighted by molar-refractivity contribution is 9.10. The van der Waals surface area contributed by atoms with Gasteiger partial charge in [0.25, 0.3) is 0 Å². The van der Waals surface area contributed by atoms with Gasteiger partial charge in [0.1, 0.15) is 99.1 Å². The van der Waals surface area contributed by atoms with Crippen LogP contribution in [0.1, 0.15) is 166 Å². The van der Waals surface area contributed by atoms with Gasteiger partial charge in [0.2, 0.25) is 5.91 Å². The summed E-state index contributed by atoms with van der Waals surface area (Å²) in [6.45, 7) is 16.6. The number of carboxylic acid groups (broad SMARTS) is 1. The monoisotopic (exact) mass is 1850 g/mol. The normalized spacial score (nSPS) is 17.8. The Balaban J connectivity index is 0.000000132. The molecule has 29 nitrogen and oxygen atoms in total. The van der Waals surface area contributed by atoms with Gasteiger partial charge in [0.05, 0.1) is 38.9 Å². The van der Waals surface area contributed by atoms with Crippen molar-refractivity contribution in [2.45, 2.75) is 184 Å². The molecule has 1 radical (unpaired) electrons. The number of para-hydroxylation sites is 3. The summed E-state index contributed by atoms with van der Waals surface area (Å²) in [6.07, 6.45) is 25.2. The number of hydrogen-bond acceptors (Lipinski definition) is 22. The standard InChI is InChI=1S/C33H36N6O2.C30H33N5O3.C27H28BrN5O3.C8H13NO2.C3H6BO2/c1-37(24-13-14-24)18-5-8-28(40)38-19-17-25(20-38)39-31(23-9-10-23)29(30-32(34)35-21-36-33(30)39)22-11-15-27(16-12-22)41-26-6-3-2-4-7-26;1-30(2,3)38-29(36)34-16-15-21(17-34)35-26(20-9-10-20)24(25-27(31)32-18-33-28(25)35)19-11-13-23(14-12-19)37-22-7-5-4-6-8-22;1-27(2,3)36-26(34)32-14-13-18(15-32)33-23(28)21(22-24(29)30-16-31-25(22)33)17-9-11-20(12-10-17)35-19-7-5-4-6-8-19;1-9(7-4-5-7)6-2-3-8(10)11;5-4-6-3-1-2-3/h2-8,11-12,15-16,21,23-25H,9-10,13-14,17-20H2,1H3,(H2,34,35,36);4-8,11-14,18,20-21H,9-10,15-17H2,1-3H3,(H2,31,32,33);4-12,16,18H,13-15H2,1-3H3,(H2,29,30,31);2-3,7H,4-6H2,1H3,(H,10,11);3,5H,1-2H2/b8-5+;;;3-2+;/t25-;21-;18-;;/m111../s1. The van der Waals surface area contributed by atoms with Gasteiger partial charge in [0, 0.05) is 111 Å². The van der Waals surface area contributed by atoms with E-state index in [1.54, 1.807) is 28.3 Å². The summed E-state index contributed by atoms with van der Waals surface area (Å²) in [4.78, 5) is 85.7. The highest BCUT2D eigenvalue weighted by atomic mass is 79.9. The Labute approximate surface area is 778 Å². The van der Waals surface area contributed by atoms with Crippen LogP contribution in [0.3, 0.4) is 0 Å². The van der Waals surface area contributed by atoms with Gasteiger partial charge >= 0.3 is 25.8 Å². The largest absolute Gasteiger partial charge is 0.485 e. The molecule has 12 aromatic rings. The Hall–Kier alpha value is -12.7. The number of aromatic nitrogens is 9. The van der Waals surface area contributed by atoms with Crippen LogP contribution in [0.4, 0.5) is 27.0 Å². The predicted molar refractivity (Wildman–Crippen MR) is 516 cm³/mol. The van der Waals surface area contributed by atoms with Gasteiger partial charge in [-0.2, -0.15) is 0 Å². The second-order valence-corrected chi connectivity index (χ2v) is 37.7. The minimum Gasteiger partial charge on any atom is -0.478 e. The van der Waals surface area contributed by atoms with Gasteiger partial charge in [-0.25, -0.2) is 44.3 Å². The van der Waals surface area contributed by atoms with E-state index < -0.39 is 17.2 Å². The average molecular weight is 1850 g/mol. The summed E-state index contributed by atoms with van der Waals surface area (Å²) in [5.41, 5.74) is 29.4. The molecule has 3 amide bonds. The number of nitrogens with two attached hydrogens (primary N) is 3. The molecule has 9 heterocycles. The molecule has 6 aromatic carbocycles. The molecule has 31 heteroatoms. The molecule has 3 atom stereocenters. The summed E-state index contributed by atoms with van der Waals surface area (Å²) in [7, 11) is 4.91. The molecule has 20 rings (SSSR count). The molecule has 6 aromatic heterocycles. The first-order chi connectivity index (χ1) is 63.7. The van der Waals surface area contributed by atoms with Crippen LogP contribution in [0.15, 0.2) is 212 Å². The molecule has 687 valence electrons. The van der Waals surface area contributed by atoms with Gasteiger partial charge in [0.15, 0.2) is 0 Å². The van der Waals surface area contributed by atoms with Crippen molar-refractivity contribution in [3.63, 3.8) is 0 Å². The lowest BCUT2D eigenvalue weighted by Crippen LogP contribution is -2.35. The number of carboxylic acids is 1. The Morgan fingerprint density at radius 2 is 0.773 bits per heavy atom. The van der Waals surface area contributed by atoms with Gasteiger partial charge in [-0.1, -0.05) is 103 Å². The first-order valence-corrected chi connectivity index (χ1v) is 46.4. The first-order valence-electron chi connectivity index (χ1n) is 45.6. The number of ether oxygens (including phenoxy) is 5. The molecule has 0 unspecified atom stereocenters. The fourth-order valence-electron chi connectivity index (χ4n) is 17.3. The number of anilines is 3. The number of rotatable bonds is 24. The Morgan fingerprint density at radius 3 is 1.11 bits per heavy atom. The third kappa shape index (κ3) is 23.1. The van der Waals surface area contributed by atoms with Crippen molar-refractivity contribution < 1.29 is 57.6 Å². The van der Waals surface area contributed by atoms with Crippen LogP contribution in [-0.4, -0.2) is 206 Å². The van der Waals surface area contributed by atoms with E-state index in [4.69, 9.17) is 61.0 Å². The number of hydrogen-bond donors (Lipinski definition) is 5. The zero-order chi connectivity index (χ0) is 92.5. The minimum atomic E-state index is -0.866. The van der Waals surface area contributed by atoms with Crippen molar-refractivity contribution >= 4 is 98.2 Å². The number of carbonyl (C=O) groups excluding carboxylic acids is 3. The molecule has 3 saturated heterocycles. The second-order valence-electron chi connectivity index (χ2n) is 36.9. The molecule has 132 heavy (non-hydrogen) atoms. The Bertz CT molecular complexity index is 6090. The molecule has 0 spiro atoms. The number of nitrogen functional groups attached to an aromatic ring is 3. The maximum atomic E-state index is 13.1. The number of benzene rings is 6. The van der Waals surface area contributed by atoms with E-state index in [0.29, 0.717) is 80.2 Å². The van der Waals surface area contributed by atoms with E-state index in [-0.39, 0.29) is 36.2 Å². The number of amides is 3. The molecule has 8 fully saturated rings. The lowest BCUT2D eigenvalue weighted by atomic mass is 10.0. The summed E-state index contributed by atoms with van der Waals surface area (Å²) < 4.78 is 41.5. The Kier molecular flexibility index (Phi) is 28.8. The van der Waals surface area contributed by atoms with Crippen molar-refractivity contribution in [3.8, 4) is 67.9 Å². The van der Waals surface area contributed by atoms with E-state index in [1.165, 1.54) is 55.8 Å². The van der Waals surface area contributed by atoms with E-state index in [0.717, 1.165) is 191 Å². The number of likely N-dealkylation sites (N-methyl/N-ethyl adjacent to an activating group) is 2. The Morgan fingerprint density at radius 1 is 0.439 bits per heavy atom. The second kappa shape index (κ2) is 41.0. The van der Waals surface area contributed by atoms with Crippen molar-refractivity contribution in [2.24, 2.45) is 0 Å². The number of likely N-dealkylation sites (tertiary alicyclic amines) is 3. The average Bonchev–Trinajstić information content (AvgIpc) is 1.56. The highest BCUT2D eigenvalue weighted by Crippen LogP contribution is 2.54. The first kappa shape index (κ1) is 92.6. The highest BCUT2D eigenvalue weighted by Gasteiger charge is 2.42. The smallest absolute Gasteiger partial charge is 0.478 e. The van der Waals surface area contributed by atoms with E-state index in [9.17, 15) is 19.2 Å². The zero-order valence-corrected chi connectivity index (χ0v) is 77.6. The molecular formula is C101H116BBrN17O12. The quantitative estimate of drug-likeness (QED) is 0.0277. The lowest BCUT2D eigenvalue weighted by Gasteiger charge is -2.25. The maximum Gasteiger partial charge on any atom is 0.485 e. The SMILES string of the molecule is CC(C)(C)OC(=O)N1CC[C@@H](n2c(Br)c(-c3ccc(Oc4ccccc4)cc3)c3c(N)ncnc32)C1.CC(C)(C)OC(=O)N1CC[C@@H](n2c(C3CC3)c(-c3ccc(Oc4ccccc4)cc3)c3c(N)ncnc32)C1.CN(C/C=C/C(=O)N1CC[C@@H](n2c(C3CC3)c(-c3ccc(Oc4ccccc4)cc3)c3c(N)ncnc32)C1)C1CC1.CN(C/C=C/C(=O)O)C1CC1.O[B]OC1CC1. The third-order valence-corrected chi connectivity index (χ3v) is 25.2. The van der Waals surface area contributed by atoms with E-state index in [1.807, 2.05) is 199 Å². The zero-order valence-electron chi connectivity index (χ0n) is 76.0. The molecule has 5 aliphatic carbocycles. The molecule has 0 bridgehead atoms. The summed E-state index contributed by atoms with van der Waals surface area (Å²) in [6, 6.07) is 55.0. The number of fused-ring (bicyclic) bond motifs is 3. The van der Waals surface area contributed by atoms with E-state index >= 15 is 0 Å². The molecule has 5 saturated carbocycles. The number of nitrogens with zero attached hydrogens (tertiary/aromatic N) is 14. The molecule has 3 aliphatic heterocycles. The molecular weight excluding hydrogens is 1730 g/mol. The summed E-state index contributed by atoms with van der Waals surface area (Å²) in [5, 5.41) is 18.8. The maximum absolute atomic E-state index is 13.1. The van der Waals surface area contributed by atoms with Crippen molar-refractivity contribution in [1.82, 2.24) is 68.1 Å². The fraction of sp³-hybridized carbons (Fsp3) is 0.386. The summed E-state index contributed by atoms with van der Waals surface area (Å²) >= 11 is 3.83. The van der Waals surface area contributed by atoms with Crippen LogP contribution in [0.5, 0.6) is 34.5 Å². The summed E-state index contributed by atoms with van der Waals surface area (Å²) in [5.74, 6) is 6.11. The van der Waals surface area contributed by atoms with Crippen LogP contribution < -0.4 is 31.4 Å². The van der Waals surface area contributed by atoms with Crippen molar-refractivity contribution in [1.29, 1.82) is 0 Å². The van der Waals surface area contributed by atoms with Gasteiger partial charge in [-0.3, -0.25) is 14.6 Å². The van der Waals surface area contributed by atoms with Crippen molar-refractivity contribution in [2.75, 3.05) is 83.7 Å².